The van der Waals surface area contributed by atoms with Gasteiger partial charge in [0.25, 0.3) is 0 Å². The zero-order valence-electron chi connectivity index (χ0n) is 13.4. The van der Waals surface area contributed by atoms with Gasteiger partial charge in [-0.15, -0.1) is 0 Å². The molecule has 0 heterocycles. The fourth-order valence-corrected chi connectivity index (χ4v) is 2.36. The summed E-state index contributed by atoms with van der Waals surface area (Å²) in [5.41, 5.74) is 7.69. The molecular formula is C17H28N2O2. The maximum Gasteiger partial charge on any atom is 0.340 e. The Kier molecular flexibility index (Phi) is 7.65. The summed E-state index contributed by atoms with van der Waals surface area (Å²) in [4.78, 5) is 11.9. The van der Waals surface area contributed by atoms with Crippen LogP contribution in [0.2, 0.25) is 0 Å². The molecule has 0 spiro atoms. The zero-order valence-corrected chi connectivity index (χ0v) is 13.4. The van der Waals surface area contributed by atoms with E-state index in [2.05, 4.69) is 19.2 Å². The molecule has 0 saturated heterocycles. The van der Waals surface area contributed by atoms with E-state index in [1.807, 2.05) is 6.07 Å². The third-order valence-corrected chi connectivity index (χ3v) is 3.46. The van der Waals surface area contributed by atoms with Crippen molar-refractivity contribution in [3.63, 3.8) is 0 Å². The van der Waals surface area contributed by atoms with Gasteiger partial charge in [-0.25, -0.2) is 4.79 Å². The van der Waals surface area contributed by atoms with Gasteiger partial charge in [-0.1, -0.05) is 33.1 Å². The van der Waals surface area contributed by atoms with Crippen LogP contribution in [0.25, 0.3) is 0 Å². The van der Waals surface area contributed by atoms with Gasteiger partial charge in [-0.2, -0.15) is 0 Å². The lowest BCUT2D eigenvalue weighted by atomic mass is 10.0. The van der Waals surface area contributed by atoms with E-state index in [-0.39, 0.29) is 5.97 Å². The van der Waals surface area contributed by atoms with Gasteiger partial charge in [0.15, 0.2) is 0 Å². The molecule has 4 nitrogen and oxygen atoms in total. The number of benzene rings is 1. The van der Waals surface area contributed by atoms with Crippen molar-refractivity contribution in [1.82, 2.24) is 0 Å². The van der Waals surface area contributed by atoms with Crippen LogP contribution in [0.4, 0.5) is 11.4 Å². The van der Waals surface area contributed by atoms with Gasteiger partial charge in [-0.3, -0.25) is 0 Å². The van der Waals surface area contributed by atoms with Gasteiger partial charge in [0.1, 0.15) is 0 Å². The second-order valence-corrected chi connectivity index (χ2v) is 5.29. The molecule has 3 N–H and O–H groups in total. The molecule has 0 radical (unpaired) electrons. The Balaban J connectivity index is 2.81. The largest absolute Gasteiger partial charge is 0.462 e. The number of rotatable bonds is 9. The lowest BCUT2D eigenvalue weighted by molar-refractivity contribution is 0.0527. The van der Waals surface area contributed by atoms with E-state index in [0.717, 1.165) is 24.9 Å². The van der Waals surface area contributed by atoms with Crippen LogP contribution in [-0.2, 0) is 4.74 Å². The van der Waals surface area contributed by atoms with Crippen molar-refractivity contribution in [2.75, 3.05) is 17.7 Å². The minimum Gasteiger partial charge on any atom is -0.462 e. The predicted octanol–water partition coefficient (Wildman–Crippen LogP) is 4.22. The third kappa shape index (κ3) is 5.66. The zero-order chi connectivity index (χ0) is 15.7. The summed E-state index contributed by atoms with van der Waals surface area (Å²) < 4.78 is 5.03. The number of unbranched alkanes of at least 4 members (excludes halogenated alkanes) is 1. The molecule has 1 rings (SSSR count). The van der Waals surface area contributed by atoms with Crippen molar-refractivity contribution in [3.8, 4) is 0 Å². The summed E-state index contributed by atoms with van der Waals surface area (Å²) in [6, 6.07) is 5.92. The first-order valence-electron chi connectivity index (χ1n) is 7.95. The number of nitrogens with two attached hydrogens (primary N) is 1. The van der Waals surface area contributed by atoms with Crippen molar-refractivity contribution in [1.29, 1.82) is 0 Å². The quantitative estimate of drug-likeness (QED) is 0.528. The SMILES string of the molecule is CCCCC(CCC)Nc1ccc(N)c(C(=O)OCC)c1. The maximum atomic E-state index is 11.9. The second-order valence-electron chi connectivity index (χ2n) is 5.29. The Labute approximate surface area is 128 Å². The number of nitrogen functional groups attached to an aromatic ring is 1. The second kappa shape index (κ2) is 9.27. The van der Waals surface area contributed by atoms with Crippen LogP contribution < -0.4 is 11.1 Å². The lowest BCUT2D eigenvalue weighted by Gasteiger charge is -2.20. The first kappa shape index (κ1) is 17.3. The van der Waals surface area contributed by atoms with Crippen molar-refractivity contribution >= 4 is 17.3 Å². The minimum atomic E-state index is -0.362. The highest BCUT2D eigenvalue weighted by Crippen LogP contribution is 2.21. The summed E-state index contributed by atoms with van der Waals surface area (Å²) in [5, 5.41) is 3.52. The van der Waals surface area contributed by atoms with E-state index in [4.69, 9.17) is 10.5 Å². The van der Waals surface area contributed by atoms with Crippen LogP contribution in [0, 0.1) is 0 Å². The predicted molar refractivity (Wildman–Crippen MR) is 88.7 cm³/mol. The van der Waals surface area contributed by atoms with Gasteiger partial charge < -0.3 is 15.8 Å². The topological polar surface area (TPSA) is 64.3 Å². The average molecular weight is 292 g/mol. The molecule has 118 valence electrons. The molecule has 4 heteroatoms. The first-order valence-corrected chi connectivity index (χ1v) is 7.95. The van der Waals surface area contributed by atoms with Crippen LogP contribution in [0.15, 0.2) is 18.2 Å². The lowest BCUT2D eigenvalue weighted by Crippen LogP contribution is -2.19. The molecule has 1 atom stereocenters. The van der Waals surface area contributed by atoms with E-state index >= 15 is 0 Å². The molecule has 1 aromatic carbocycles. The molecule has 1 unspecified atom stereocenters. The molecule has 1 aromatic rings. The van der Waals surface area contributed by atoms with Crippen LogP contribution in [-0.4, -0.2) is 18.6 Å². The molecule has 0 aromatic heterocycles. The molecule has 0 aliphatic heterocycles. The van der Waals surface area contributed by atoms with Crippen molar-refractivity contribution in [2.45, 2.75) is 58.9 Å². The van der Waals surface area contributed by atoms with E-state index in [9.17, 15) is 4.79 Å². The van der Waals surface area contributed by atoms with Crippen LogP contribution in [0.1, 0.15) is 63.2 Å². The maximum absolute atomic E-state index is 11.9. The van der Waals surface area contributed by atoms with E-state index in [1.165, 1.54) is 12.8 Å². The standard InChI is InChI=1S/C17H28N2O2/c1-4-7-9-13(8-5-2)19-14-10-11-16(18)15(12-14)17(20)21-6-3/h10-13,19H,4-9,18H2,1-3H3. The fourth-order valence-electron chi connectivity index (χ4n) is 2.36. The average Bonchev–Trinajstić information content (AvgIpc) is 2.47. The monoisotopic (exact) mass is 292 g/mol. The summed E-state index contributed by atoms with van der Waals surface area (Å²) >= 11 is 0. The smallest absolute Gasteiger partial charge is 0.340 e. The Morgan fingerprint density at radius 3 is 2.62 bits per heavy atom. The molecule has 0 amide bonds. The Morgan fingerprint density at radius 1 is 1.24 bits per heavy atom. The summed E-state index contributed by atoms with van der Waals surface area (Å²) in [6.07, 6.45) is 5.80. The Hall–Kier alpha value is -1.71. The normalized spacial score (nSPS) is 12.0. The van der Waals surface area contributed by atoms with Gasteiger partial charge in [0, 0.05) is 17.4 Å². The summed E-state index contributed by atoms with van der Waals surface area (Å²) in [5.74, 6) is -0.362. The number of esters is 1. The summed E-state index contributed by atoms with van der Waals surface area (Å²) in [6.45, 7) is 6.53. The third-order valence-electron chi connectivity index (χ3n) is 3.46. The van der Waals surface area contributed by atoms with E-state index < -0.39 is 0 Å². The molecule has 0 saturated carbocycles. The molecule has 0 aliphatic rings. The van der Waals surface area contributed by atoms with Crippen LogP contribution in [0.3, 0.4) is 0 Å². The highest BCUT2D eigenvalue weighted by molar-refractivity contribution is 5.96. The Morgan fingerprint density at radius 2 is 2.00 bits per heavy atom. The number of nitrogens with one attached hydrogen (secondary N) is 1. The number of carbonyl (C=O) groups is 1. The van der Waals surface area contributed by atoms with Crippen molar-refractivity contribution in [3.05, 3.63) is 23.8 Å². The number of ether oxygens (including phenoxy) is 1. The number of hydrogen-bond donors (Lipinski definition) is 2. The highest BCUT2D eigenvalue weighted by atomic mass is 16.5. The fraction of sp³-hybridized carbons (Fsp3) is 0.588. The Bertz CT molecular complexity index is 446. The van der Waals surface area contributed by atoms with Crippen LogP contribution in [0.5, 0.6) is 0 Å². The molecule has 0 aliphatic carbocycles. The van der Waals surface area contributed by atoms with E-state index in [0.29, 0.717) is 23.9 Å². The molecular weight excluding hydrogens is 264 g/mol. The first-order chi connectivity index (χ1) is 10.1. The highest BCUT2D eigenvalue weighted by Gasteiger charge is 2.13. The van der Waals surface area contributed by atoms with Crippen molar-refractivity contribution in [2.24, 2.45) is 0 Å². The molecule has 21 heavy (non-hydrogen) atoms. The number of hydrogen-bond acceptors (Lipinski definition) is 4. The van der Waals surface area contributed by atoms with Gasteiger partial charge in [0.2, 0.25) is 0 Å². The van der Waals surface area contributed by atoms with Gasteiger partial charge in [-0.05, 0) is 38.0 Å². The summed E-state index contributed by atoms with van der Waals surface area (Å²) in [7, 11) is 0. The van der Waals surface area contributed by atoms with Gasteiger partial charge >= 0.3 is 5.97 Å². The van der Waals surface area contributed by atoms with Crippen molar-refractivity contribution < 1.29 is 9.53 Å². The number of carbonyl (C=O) groups excluding carboxylic acids is 1. The molecule has 0 bridgehead atoms. The van der Waals surface area contributed by atoms with Crippen LogP contribution >= 0.6 is 0 Å². The number of anilines is 2. The molecule has 0 fully saturated rings. The van der Waals surface area contributed by atoms with E-state index in [1.54, 1.807) is 19.1 Å². The minimum absolute atomic E-state index is 0.352. The van der Waals surface area contributed by atoms with Gasteiger partial charge in [0.05, 0.1) is 12.2 Å².